The number of pyridine rings is 1. The number of nitrogens with two attached hydrogens (primary N) is 1. The fourth-order valence-corrected chi connectivity index (χ4v) is 3.87. The molecule has 0 spiro atoms. The van der Waals surface area contributed by atoms with E-state index in [0.29, 0.717) is 24.9 Å². The number of rotatable bonds is 7. The molecule has 4 rings (SSSR count). The first-order valence-electron chi connectivity index (χ1n) is 9.91. The molecule has 1 fully saturated rings. The summed E-state index contributed by atoms with van der Waals surface area (Å²) in [6, 6.07) is 11.6. The number of benzene rings is 1. The molecule has 0 aliphatic heterocycles. The molecule has 146 valence electrons. The Kier molecular flexibility index (Phi) is 5.67. The van der Waals surface area contributed by atoms with Gasteiger partial charge in [0.05, 0.1) is 0 Å². The summed E-state index contributed by atoms with van der Waals surface area (Å²) in [6.07, 6.45) is 10.4. The zero-order valence-electron chi connectivity index (χ0n) is 16.0. The highest BCUT2D eigenvalue weighted by atomic mass is 16.5. The second-order valence-electron chi connectivity index (χ2n) is 7.63. The lowest BCUT2D eigenvalue weighted by molar-refractivity contribution is 0.177. The van der Waals surface area contributed by atoms with Crippen molar-refractivity contribution < 1.29 is 9.26 Å². The summed E-state index contributed by atoms with van der Waals surface area (Å²) >= 11 is 0. The van der Waals surface area contributed by atoms with Gasteiger partial charge in [-0.05, 0) is 55.1 Å². The van der Waals surface area contributed by atoms with Crippen molar-refractivity contribution in [1.29, 1.82) is 0 Å². The average Bonchev–Trinajstić information content (AvgIpc) is 3.22. The summed E-state index contributed by atoms with van der Waals surface area (Å²) in [7, 11) is 0. The van der Waals surface area contributed by atoms with Crippen LogP contribution in [-0.4, -0.2) is 21.7 Å². The van der Waals surface area contributed by atoms with Gasteiger partial charge in [0.25, 0.3) is 0 Å². The largest absolute Gasteiger partial charge is 0.489 e. The quantitative estimate of drug-likeness (QED) is 0.664. The maximum Gasteiger partial charge on any atom is 0.227 e. The Morgan fingerprint density at radius 3 is 2.61 bits per heavy atom. The third-order valence-electron chi connectivity index (χ3n) is 5.58. The van der Waals surface area contributed by atoms with Crippen molar-refractivity contribution in [2.75, 3.05) is 6.54 Å². The van der Waals surface area contributed by atoms with E-state index in [1.54, 1.807) is 12.4 Å². The smallest absolute Gasteiger partial charge is 0.227 e. The standard InChI is InChI=1S/C22H26N4O2/c23-16-22(10-2-1-3-11-22)13-20-25-21(26-28-20)18-6-8-19(9-7-18)27-15-17-5-4-12-24-14-17/h4-9,12,14H,1-3,10-11,13,15-16,23H2. The maximum absolute atomic E-state index is 6.08. The van der Waals surface area contributed by atoms with Gasteiger partial charge in [0, 0.05) is 29.9 Å². The van der Waals surface area contributed by atoms with Crippen LogP contribution in [0.4, 0.5) is 0 Å². The Hall–Kier alpha value is -2.73. The molecule has 6 nitrogen and oxygen atoms in total. The molecule has 0 unspecified atom stereocenters. The first kappa shape index (κ1) is 18.6. The van der Waals surface area contributed by atoms with Gasteiger partial charge < -0.3 is 15.0 Å². The summed E-state index contributed by atoms with van der Waals surface area (Å²) in [5, 5.41) is 4.16. The minimum Gasteiger partial charge on any atom is -0.489 e. The SMILES string of the molecule is NCC1(Cc2nc(-c3ccc(OCc4cccnc4)cc3)no2)CCCCC1. The number of hydrogen-bond acceptors (Lipinski definition) is 6. The summed E-state index contributed by atoms with van der Waals surface area (Å²) in [5.41, 5.74) is 8.15. The van der Waals surface area contributed by atoms with Gasteiger partial charge in [-0.1, -0.05) is 30.5 Å². The predicted octanol–water partition coefficient (Wildman–Crippen LogP) is 4.16. The lowest BCUT2D eigenvalue weighted by atomic mass is 9.72. The minimum absolute atomic E-state index is 0.117. The van der Waals surface area contributed by atoms with Crippen LogP contribution in [0, 0.1) is 5.41 Å². The first-order valence-corrected chi connectivity index (χ1v) is 9.91. The second-order valence-corrected chi connectivity index (χ2v) is 7.63. The summed E-state index contributed by atoms with van der Waals surface area (Å²) in [5.74, 6) is 2.08. The fourth-order valence-electron chi connectivity index (χ4n) is 3.87. The monoisotopic (exact) mass is 378 g/mol. The molecule has 0 amide bonds. The molecule has 0 saturated heterocycles. The molecule has 1 aliphatic rings. The van der Waals surface area contributed by atoms with E-state index < -0.39 is 0 Å². The Bertz CT molecular complexity index is 871. The Labute approximate surface area is 165 Å². The van der Waals surface area contributed by atoms with Crippen LogP contribution in [0.3, 0.4) is 0 Å². The topological polar surface area (TPSA) is 87.1 Å². The van der Waals surface area contributed by atoms with Gasteiger partial charge in [-0.3, -0.25) is 4.98 Å². The molecular formula is C22H26N4O2. The molecular weight excluding hydrogens is 352 g/mol. The lowest BCUT2D eigenvalue weighted by Gasteiger charge is -2.34. The highest BCUT2D eigenvalue weighted by Gasteiger charge is 2.33. The minimum atomic E-state index is 0.117. The van der Waals surface area contributed by atoms with Crippen LogP contribution in [0.1, 0.15) is 43.6 Å². The summed E-state index contributed by atoms with van der Waals surface area (Å²) in [4.78, 5) is 8.70. The highest BCUT2D eigenvalue weighted by Crippen LogP contribution is 2.38. The number of nitrogens with zero attached hydrogens (tertiary/aromatic N) is 3. The van der Waals surface area contributed by atoms with Crippen LogP contribution in [-0.2, 0) is 13.0 Å². The normalized spacial score (nSPS) is 16.0. The molecule has 0 radical (unpaired) electrons. The molecule has 0 bridgehead atoms. The molecule has 3 aromatic rings. The van der Waals surface area contributed by atoms with Crippen LogP contribution in [0.2, 0.25) is 0 Å². The van der Waals surface area contributed by atoms with E-state index in [0.717, 1.165) is 36.1 Å². The Morgan fingerprint density at radius 2 is 1.89 bits per heavy atom. The third kappa shape index (κ3) is 4.39. The van der Waals surface area contributed by atoms with E-state index in [1.807, 2.05) is 36.4 Å². The Morgan fingerprint density at radius 1 is 1.07 bits per heavy atom. The zero-order chi connectivity index (χ0) is 19.2. The molecule has 1 aliphatic carbocycles. The second kappa shape index (κ2) is 8.52. The van der Waals surface area contributed by atoms with E-state index >= 15 is 0 Å². The van der Waals surface area contributed by atoms with Gasteiger partial charge in [0.1, 0.15) is 12.4 Å². The first-order chi connectivity index (χ1) is 13.8. The zero-order valence-corrected chi connectivity index (χ0v) is 16.0. The van der Waals surface area contributed by atoms with Crippen LogP contribution >= 0.6 is 0 Å². The summed E-state index contributed by atoms with van der Waals surface area (Å²) in [6.45, 7) is 1.16. The van der Waals surface area contributed by atoms with E-state index in [9.17, 15) is 0 Å². The molecule has 1 aromatic carbocycles. The predicted molar refractivity (Wildman–Crippen MR) is 107 cm³/mol. The molecule has 2 N–H and O–H groups in total. The van der Waals surface area contributed by atoms with Gasteiger partial charge in [-0.25, -0.2) is 0 Å². The van der Waals surface area contributed by atoms with Crippen molar-refractivity contribution in [3.05, 3.63) is 60.2 Å². The molecule has 1 saturated carbocycles. The van der Waals surface area contributed by atoms with Crippen molar-refractivity contribution in [2.24, 2.45) is 11.1 Å². The molecule has 0 atom stereocenters. The lowest BCUT2D eigenvalue weighted by Crippen LogP contribution is -2.35. The van der Waals surface area contributed by atoms with Crippen LogP contribution in [0.5, 0.6) is 5.75 Å². The third-order valence-corrected chi connectivity index (χ3v) is 5.58. The van der Waals surface area contributed by atoms with E-state index in [1.165, 1.54) is 19.3 Å². The van der Waals surface area contributed by atoms with Crippen LogP contribution in [0.15, 0.2) is 53.3 Å². The molecule has 2 heterocycles. The van der Waals surface area contributed by atoms with Crippen molar-refractivity contribution in [2.45, 2.75) is 45.1 Å². The van der Waals surface area contributed by atoms with Crippen LogP contribution < -0.4 is 10.5 Å². The fraction of sp³-hybridized carbons (Fsp3) is 0.409. The number of hydrogen-bond donors (Lipinski definition) is 1. The van der Waals surface area contributed by atoms with Crippen molar-refractivity contribution in [1.82, 2.24) is 15.1 Å². The molecule has 28 heavy (non-hydrogen) atoms. The van der Waals surface area contributed by atoms with Gasteiger partial charge in [0.2, 0.25) is 11.7 Å². The highest BCUT2D eigenvalue weighted by molar-refractivity contribution is 5.55. The van der Waals surface area contributed by atoms with E-state index in [-0.39, 0.29) is 5.41 Å². The van der Waals surface area contributed by atoms with E-state index in [4.69, 9.17) is 15.0 Å². The maximum atomic E-state index is 6.08. The van der Waals surface area contributed by atoms with Crippen molar-refractivity contribution in [3.8, 4) is 17.1 Å². The van der Waals surface area contributed by atoms with Gasteiger partial charge in [-0.15, -0.1) is 0 Å². The van der Waals surface area contributed by atoms with Crippen LogP contribution in [0.25, 0.3) is 11.4 Å². The van der Waals surface area contributed by atoms with Crippen molar-refractivity contribution >= 4 is 0 Å². The molecule has 6 heteroatoms. The number of ether oxygens (including phenoxy) is 1. The van der Waals surface area contributed by atoms with Gasteiger partial charge in [-0.2, -0.15) is 4.98 Å². The van der Waals surface area contributed by atoms with Gasteiger partial charge in [0.15, 0.2) is 0 Å². The van der Waals surface area contributed by atoms with E-state index in [2.05, 4.69) is 15.1 Å². The average molecular weight is 378 g/mol. The van der Waals surface area contributed by atoms with Gasteiger partial charge >= 0.3 is 0 Å². The molecule has 2 aromatic heterocycles. The summed E-state index contributed by atoms with van der Waals surface area (Å²) < 4.78 is 11.3. The Balaban J connectivity index is 1.39. The van der Waals surface area contributed by atoms with Crippen molar-refractivity contribution in [3.63, 3.8) is 0 Å². The number of aromatic nitrogens is 3.